The highest BCUT2D eigenvalue weighted by Crippen LogP contribution is 2.50. The Morgan fingerprint density at radius 2 is 1.88 bits per heavy atom. The van der Waals surface area contributed by atoms with Gasteiger partial charge in [-0.1, -0.05) is 30.4 Å². The van der Waals surface area contributed by atoms with Gasteiger partial charge in [0.1, 0.15) is 18.0 Å². The van der Waals surface area contributed by atoms with Crippen LogP contribution in [0, 0.1) is 0 Å². The van der Waals surface area contributed by atoms with E-state index in [1.165, 1.54) is 11.1 Å². The maximum Gasteiger partial charge on any atom is 0.157 e. The first-order chi connectivity index (χ1) is 8.09. The van der Waals surface area contributed by atoms with Gasteiger partial charge in [0, 0.05) is 17.6 Å². The lowest BCUT2D eigenvalue weighted by Gasteiger charge is -2.12. The van der Waals surface area contributed by atoms with E-state index in [2.05, 4.69) is 63.3 Å². The van der Waals surface area contributed by atoms with Crippen molar-refractivity contribution in [3.8, 4) is 0 Å². The van der Waals surface area contributed by atoms with Crippen LogP contribution < -0.4 is 5.30 Å². The Kier molecular flexibility index (Phi) is 2.38. The van der Waals surface area contributed by atoms with E-state index < -0.39 is 0 Å². The minimum Gasteiger partial charge on any atom is -0.0763 e. The molecule has 1 heterocycles. The summed E-state index contributed by atoms with van der Waals surface area (Å²) in [5.41, 5.74) is 2.98. The van der Waals surface area contributed by atoms with Gasteiger partial charge < -0.3 is 0 Å². The van der Waals surface area contributed by atoms with Crippen LogP contribution in [0.2, 0.25) is 0 Å². The molecule has 0 saturated carbocycles. The summed E-state index contributed by atoms with van der Waals surface area (Å²) >= 11 is 0. The minimum atomic E-state index is -0.162. The summed E-state index contributed by atoms with van der Waals surface area (Å²) in [6.07, 6.45) is 7.94. The second-order valence-electron chi connectivity index (χ2n) is 5.68. The molecule has 86 valence electrons. The highest BCUT2D eigenvalue weighted by molar-refractivity contribution is 7.70. The first-order valence-electron chi connectivity index (χ1n) is 6.22. The lowest BCUT2D eigenvalue weighted by molar-refractivity contribution is 0.797. The van der Waals surface area contributed by atoms with E-state index in [0.717, 1.165) is 6.42 Å². The molecule has 0 fully saturated rings. The van der Waals surface area contributed by atoms with E-state index in [1.807, 2.05) is 0 Å². The van der Waals surface area contributed by atoms with Crippen molar-refractivity contribution >= 4 is 23.7 Å². The zero-order valence-corrected chi connectivity index (χ0v) is 11.6. The first kappa shape index (κ1) is 11.0. The molecule has 0 N–H and O–H groups in total. The van der Waals surface area contributed by atoms with E-state index in [1.54, 1.807) is 10.6 Å². The van der Waals surface area contributed by atoms with E-state index in [-0.39, 0.29) is 7.55 Å². The maximum atomic E-state index is 2.38. The second-order valence-corrected chi connectivity index (χ2v) is 8.72. The van der Waals surface area contributed by atoms with Gasteiger partial charge in [-0.05, 0) is 32.9 Å². The fourth-order valence-electron chi connectivity index (χ4n) is 2.82. The predicted octanol–water partition coefficient (Wildman–Crippen LogP) is 4.12. The quantitative estimate of drug-likeness (QED) is 0.599. The summed E-state index contributed by atoms with van der Waals surface area (Å²) in [5.74, 6) is 0. The predicted molar refractivity (Wildman–Crippen MR) is 79.5 cm³/mol. The van der Waals surface area contributed by atoms with Gasteiger partial charge in [-0.2, -0.15) is 0 Å². The molecule has 2 aliphatic rings. The average Bonchev–Trinajstić information content (AvgIpc) is 2.63. The van der Waals surface area contributed by atoms with Gasteiger partial charge in [-0.15, -0.1) is 0 Å². The number of fused-ring (bicyclic) bond motifs is 3. The van der Waals surface area contributed by atoms with Crippen LogP contribution in [-0.2, 0) is 0 Å². The Balaban J connectivity index is 2.32. The third-order valence-corrected chi connectivity index (χ3v) is 6.57. The number of benzene rings is 1. The summed E-state index contributed by atoms with van der Waals surface area (Å²) in [4.78, 5) is 0. The molecule has 0 bridgehead atoms. The molecule has 0 radical (unpaired) electrons. The monoisotopic (exact) mass is 241 g/mol. The molecular formula is C16H18P+. The summed E-state index contributed by atoms with van der Waals surface area (Å²) in [6.45, 7) is 7.14. The Morgan fingerprint density at radius 3 is 2.65 bits per heavy atom. The molecule has 1 aliphatic heterocycles. The van der Waals surface area contributed by atoms with Gasteiger partial charge >= 0.3 is 0 Å². The fraction of sp³-hybridized carbons (Fsp3) is 0.312. The van der Waals surface area contributed by atoms with Crippen molar-refractivity contribution in [1.29, 1.82) is 0 Å². The Labute approximate surface area is 104 Å². The summed E-state index contributed by atoms with van der Waals surface area (Å²) in [6, 6.07) is 8.97. The van der Waals surface area contributed by atoms with Crippen LogP contribution >= 0.6 is 7.55 Å². The fourth-order valence-corrected chi connectivity index (χ4v) is 6.03. The highest BCUT2D eigenvalue weighted by Gasteiger charge is 2.43. The SMILES string of the molecule is CC(C)(C)[P+]1=C2CC=CC=C2c2ccccc21. The van der Waals surface area contributed by atoms with Gasteiger partial charge in [0.15, 0.2) is 5.30 Å². The minimum absolute atomic E-state index is 0.162. The van der Waals surface area contributed by atoms with E-state index >= 15 is 0 Å². The summed E-state index contributed by atoms with van der Waals surface area (Å²) in [5, 5.41) is 3.62. The lowest BCUT2D eigenvalue weighted by Crippen LogP contribution is -2.16. The molecule has 0 spiro atoms. The average molecular weight is 241 g/mol. The summed E-state index contributed by atoms with van der Waals surface area (Å²) < 4.78 is 0. The van der Waals surface area contributed by atoms with Crippen molar-refractivity contribution in [2.75, 3.05) is 0 Å². The largest absolute Gasteiger partial charge is 0.157 e. The third-order valence-electron chi connectivity index (χ3n) is 3.40. The molecule has 1 aromatic rings. The van der Waals surface area contributed by atoms with E-state index in [9.17, 15) is 0 Å². The summed E-state index contributed by atoms with van der Waals surface area (Å²) in [7, 11) is -0.162. The molecule has 1 aromatic carbocycles. The molecule has 3 rings (SSSR count). The van der Waals surface area contributed by atoms with Crippen LogP contribution in [0.3, 0.4) is 0 Å². The van der Waals surface area contributed by atoms with Crippen molar-refractivity contribution < 1.29 is 0 Å². The molecule has 1 heteroatoms. The van der Waals surface area contributed by atoms with E-state index in [0.29, 0.717) is 5.16 Å². The molecule has 0 aromatic heterocycles. The molecule has 0 nitrogen and oxygen atoms in total. The molecule has 0 amide bonds. The second kappa shape index (κ2) is 3.68. The standard InChI is InChI=1S/C16H18P/c1-16(2,3)17-14-10-6-4-8-12(14)13-9-5-7-11-15(13)17/h4-10H,11H2,1-3H3/q+1. The van der Waals surface area contributed by atoms with Gasteiger partial charge in [0.25, 0.3) is 0 Å². The first-order valence-corrected chi connectivity index (χ1v) is 7.56. The molecular weight excluding hydrogens is 223 g/mol. The van der Waals surface area contributed by atoms with Gasteiger partial charge in [-0.3, -0.25) is 0 Å². The number of hydrogen-bond acceptors (Lipinski definition) is 0. The lowest BCUT2D eigenvalue weighted by atomic mass is 9.98. The van der Waals surface area contributed by atoms with Gasteiger partial charge in [-0.25, -0.2) is 0 Å². The van der Waals surface area contributed by atoms with Crippen molar-refractivity contribution in [2.24, 2.45) is 0 Å². The topological polar surface area (TPSA) is 0 Å². The molecule has 1 unspecified atom stereocenters. The number of hydrogen-bond donors (Lipinski definition) is 0. The van der Waals surface area contributed by atoms with E-state index in [4.69, 9.17) is 0 Å². The Bertz CT molecular complexity index is 565. The number of rotatable bonds is 0. The normalized spacial score (nSPS) is 20.1. The zero-order valence-electron chi connectivity index (χ0n) is 10.7. The van der Waals surface area contributed by atoms with Crippen LogP contribution in [-0.4, -0.2) is 10.4 Å². The highest BCUT2D eigenvalue weighted by atomic mass is 31.1. The van der Waals surface area contributed by atoms with Crippen LogP contribution in [0.25, 0.3) is 5.57 Å². The molecule has 17 heavy (non-hydrogen) atoms. The third kappa shape index (κ3) is 1.63. The van der Waals surface area contributed by atoms with Crippen molar-refractivity contribution in [2.45, 2.75) is 32.3 Å². The van der Waals surface area contributed by atoms with Crippen LogP contribution in [0.5, 0.6) is 0 Å². The maximum absolute atomic E-state index is 2.38. The van der Waals surface area contributed by atoms with Crippen molar-refractivity contribution in [3.05, 3.63) is 48.1 Å². The smallest absolute Gasteiger partial charge is 0.0763 e. The van der Waals surface area contributed by atoms with Gasteiger partial charge in [0.05, 0.1) is 0 Å². The van der Waals surface area contributed by atoms with Crippen LogP contribution in [0.1, 0.15) is 32.8 Å². The van der Waals surface area contributed by atoms with Gasteiger partial charge in [0.2, 0.25) is 0 Å². The molecule has 1 atom stereocenters. The van der Waals surface area contributed by atoms with Crippen molar-refractivity contribution in [3.63, 3.8) is 0 Å². The Morgan fingerprint density at radius 1 is 1.12 bits per heavy atom. The zero-order chi connectivity index (χ0) is 12.0. The molecule has 1 aliphatic carbocycles. The van der Waals surface area contributed by atoms with Crippen LogP contribution in [0.4, 0.5) is 0 Å². The van der Waals surface area contributed by atoms with Crippen molar-refractivity contribution in [1.82, 2.24) is 0 Å². The Hall–Kier alpha value is -1.13. The van der Waals surface area contributed by atoms with Crippen LogP contribution in [0.15, 0.2) is 42.5 Å². The molecule has 0 saturated heterocycles. The number of allylic oxidation sites excluding steroid dienone is 4.